The SMILES string of the molecule is CN(Cc1nc(-c2cccnc2)no1)C(=O)[C@@H]1C[C@@H]2C=C[C@H]1C2. The van der Waals surface area contributed by atoms with Crippen LogP contribution in [0.15, 0.2) is 41.2 Å². The maximum Gasteiger partial charge on any atom is 0.246 e. The van der Waals surface area contributed by atoms with E-state index in [1.807, 2.05) is 12.1 Å². The summed E-state index contributed by atoms with van der Waals surface area (Å²) in [5.41, 5.74) is 0.801. The summed E-state index contributed by atoms with van der Waals surface area (Å²) < 4.78 is 5.27. The average Bonchev–Trinajstić information content (AvgIpc) is 3.31. The number of carbonyl (C=O) groups is 1. The van der Waals surface area contributed by atoms with Crippen molar-refractivity contribution in [1.29, 1.82) is 0 Å². The van der Waals surface area contributed by atoms with E-state index in [9.17, 15) is 4.79 Å². The van der Waals surface area contributed by atoms with Crippen molar-refractivity contribution in [3.63, 3.8) is 0 Å². The van der Waals surface area contributed by atoms with E-state index in [4.69, 9.17) is 4.52 Å². The third-order valence-corrected chi connectivity index (χ3v) is 4.73. The third-order valence-electron chi connectivity index (χ3n) is 4.73. The molecule has 3 atom stereocenters. The number of aromatic nitrogens is 3. The fourth-order valence-electron chi connectivity index (χ4n) is 3.56. The molecular formula is C17H18N4O2. The van der Waals surface area contributed by atoms with Crippen molar-refractivity contribution in [1.82, 2.24) is 20.0 Å². The summed E-state index contributed by atoms with van der Waals surface area (Å²) in [6, 6.07) is 3.70. The van der Waals surface area contributed by atoms with Crippen molar-refractivity contribution in [2.75, 3.05) is 7.05 Å². The topological polar surface area (TPSA) is 72.1 Å². The number of nitrogens with zero attached hydrogens (tertiary/aromatic N) is 4. The molecule has 23 heavy (non-hydrogen) atoms. The molecule has 0 unspecified atom stereocenters. The van der Waals surface area contributed by atoms with Crippen LogP contribution in [0.25, 0.3) is 11.4 Å². The summed E-state index contributed by atoms with van der Waals surface area (Å²) in [4.78, 5) is 22.7. The summed E-state index contributed by atoms with van der Waals surface area (Å²) >= 11 is 0. The van der Waals surface area contributed by atoms with Gasteiger partial charge in [0.2, 0.25) is 17.6 Å². The van der Waals surface area contributed by atoms with Gasteiger partial charge in [-0.05, 0) is 36.8 Å². The van der Waals surface area contributed by atoms with E-state index in [1.54, 1.807) is 24.3 Å². The van der Waals surface area contributed by atoms with Gasteiger partial charge in [0.15, 0.2) is 0 Å². The number of hydrogen-bond donors (Lipinski definition) is 0. The molecule has 0 N–H and O–H groups in total. The highest BCUT2D eigenvalue weighted by Crippen LogP contribution is 2.44. The van der Waals surface area contributed by atoms with E-state index in [1.165, 1.54) is 0 Å². The van der Waals surface area contributed by atoms with Crippen LogP contribution in [0, 0.1) is 17.8 Å². The average molecular weight is 310 g/mol. The largest absolute Gasteiger partial charge is 0.337 e. The van der Waals surface area contributed by atoms with Crippen LogP contribution in [0.5, 0.6) is 0 Å². The lowest BCUT2D eigenvalue weighted by Gasteiger charge is -2.23. The number of carbonyl (C=O) groups excluding carboxylic acids is 1. The van der Waals surface area contributed by atoms with Gasteiger partial charge in [-0.15, -0.1) is 0 Å². The Morgan fingerprint density at radius 3 is 3.00 bits per heavy atom. The minimum absolute atomic E-state index is 0.107. The van der Waals surface area contributed by atoms with E-state index in [2.05, 4.69) is 27.3 Å². The second-order valence-electron chi connectivity index (χ2n) is 6.33. The quantitative estimate of drug-likeness (QED) is 0.810. The molecule has 6 nitrogen and oxygen atoms in total. The minimum Gasteiger partial charge on any atom is -0.337 e. The molecule has 2 aromatic heterocycles. The van der Waals surface area contributed by atoms with Crippen LogP contribution >= 0.6 is 0 Å². The molecule has 0 aliphatic heterocycles. The Balaban J connectivity index is 1.43. The standard InChI is InChI=1S/C17H18N4O2/c1-21(17(22)14-8-11-4-5-12(14)7-11)10-15-19-16(20-23-15)13-3-2-6-18-9-13/h2-6,9,11-12,14H,7-8,10H2,1H3/t11-,12+,14-/m1/s1. The molecular weight excluding hydrogens is 292 g/mol. The van der Waals surface area contributed by atoms with Crippen molar-refractivity contribution in [2.24, 2.45) is 17.8 Å². The molecule has 1 saturated carbocycles. The molecule has 2 aromatic rings. The van der Waals surface area contributed by atoms with Crippen molar-refractivity contribution >= 4 is 5.91 Å². The molecule has 2 aliphatic rings. The molecule has 1 amide bonds. The fraction of sp³-hybridized carbons (Fsp3) is 0.412. The Morgan fingerprint density at radius 1 is 1.39 bits per heavy atom. The highest BCUT2D eigenvalue weighted by atomic mass is 16.5. The lowest BCUT2D eigenvalue weighted by atomic mass is 9.92. The van der Waals surface area contributed by atoms with E-state index in [0.29, 0.717) is 30.1 Å². The van der Waals surface area contributed by atoms with Crippen LogP contribution in [-0.4, -0.2) is 33.0 Å². The van der Waals surface area contributed by atoms with Gasteiger partial charge in [-0.1, -0.05) is 17.3 Å². The maximum absolute atomic E-state index is 12.6. The molecule has 0 aromatic carbocycles. The lowest BCUT2D eigenvalue weighted by molar-refractivity contribution is -0.135. The van der Waals surface area contributed by atoms with Gasteiger partial charge in [0.1, 0.15) is 0 Å². The Bertz CT molecular complexity index is 740. The Labute approximate surface area is 134 Å². The summed E-state index contributed by atoms with van der Waals surface area (Å²) in [7, 11) is 1.80. The molecule has 0 saturated heterocycles. The van der Waals surface area contributed by atoms with Gasteiger partial charge in [-0.3, -0.25) is 9.78 Å². The number of allylic oxidation sites excluding steroid dienone is 2. The molecule has 2 bridgehead atoms. The van der Waals surface area contributed by atoms with Gasteiger partial charge >= 0.3 is 0 Å². The van der Waals surface area contributed by atoms with E-state index < -0.39 is 0 Å². The molecule has 118 valence electrons. The van der Waals surface area contributed by atoms with Crippen molar-refractivity contribution in [3.05, 3.63) is 42.6 Å². The normalized spacial score (nSPS) is 25.0. The van der Waals surface area contributed by atoms with Crippen LogP contribution in [0.4, 0.5) is 0 Å². The van der Waals surface area contributed by atoms with E-state index in [0.717, 1.165) is 18.4 Å². The summed E-state index contributed by atoms with van der Waals surface area (Å²) in [5.74, 6) is 2.21. The Morgan fingerprint density at radius 2 is 2.30 bits per heavy atom. The van der Waals surface area contributed by atoms with E-state index in [-0.39, 0.29) is 11.8 Å². The van der Waals surface area contributed by atoms with Crippen molar-refractivity contribution in [3.8, 4) is 11.4 Å². The first-order valence-corrected chi connectivity index (χ1v) is 7.87. The zero-order valence-corrected chi connectivity index (χ0v) is 12.9. The summed E-state index contributed by atoms with van der Waals surface area (Å²) in [6.07, 6.45) is 9.90. The second kappa shape index (κ2) is 5.61. The van der Waals surface area contributed by atoms with Gasteiger partial charge in [0.25, 0.3) is 0 Å². The predicted octanol–water partition coefficient (Wildman–Crippen LogP) is 2.30. The number of amides is 1. The zero-order valence-electron chi connectivity index (χ0n) is 12.9. The second-order valence-corrected chi connectivity index (χ2v) is 6.33. The smallest absolute Gasteiger partial charge is 0.246 e. The van der Waals surface area contributed by atoms with Crippen LogP contribution < -0.4 is 0 Å². The first-order valence-electron chi connectivity index (χ1n) is 7.87. The monoisotopic (exact) mass is 310 g/mol. The summed E-state index contributed by atoms with van der Waals surface area (Å²) in [5, 5.41) is 3.96. The molecule has 6 heteroatoms. The van der Waals surface area contributed by atoms with Crippen LogP contribution in [0.2, 0.25) is 0 Å². The number of fused-ring (bicyclic) bond motifs is 2. The number of rotatable bonds is 4. The van der Waals surface area contributed by atoms with Crippen molar-refractivity contribution < 1.29 is 9.32 Å². The van der Waals surface area contributed by atoms with Gasteiger partial charge in [-0.25, -0.2) is 0 Å². The Hall–Kier alpha value is -2.50. The molecule has 0 spiro atoms. The highest BCUT2D eigenvalue weighted by Gasteiger charge is 2.41. The summed E-state index contributed by atoms with van der Waals surface area (Å²) in [6.45, 7) is 0.337. The van der Waals surface area contributed by atoms with Crippen molar-refractivity contribution in [2.45, 2.75) is 19.4 Å². The van der Waals surface area contributed by atoms with Crippen LogP contribution in [-0.2, 0) is 11.3 Å². The highest BCUT2D eigenvalue weighted by molar-refractivity contribution is 5.79. The van der Waals surface area contributed by atoms with Crippen LogP contribution in [0.1, 0.15) is 18.7 Å². The molecule has 0 radical (unpaired) electrons. The minimum atomic E-state index is 0.107. The third kappa shape index (κ3) is 2.65. The van der Waals surface area contributed by atoms with Gasteiger partial charge in [0, 0.05) is 30.9 Å². The number of pyridine rings is 1. The first kappa shape index (κ1) is 14.1. The maximum atomic E-state index is 12.6. The molecule has 2 heterocycles. The van der Waals surface area contributed by atoms with Gasteiger partial charge in [-0.2, -0.15) is 4.98 Å². The molecule has 1 fully saturated rings. The van der Waals surface area contributed by atoms with Gasteiger partial charge < -0.3 is 9.42 Å². The van der Waals surface area contributed by atoms with Gasteiger partial charge in [0.05, 0.1) is 6.54 Å². The predicted molar refractivity (Wildman–Crippen MR) is 82.8 cm³/mol. The lowest BCUT2D eigenvalue weighted by Crippen LogP contribution is -2.34. The Kier molecular flexibility index (Phi) is 3.44. The number of hydrogen-bond acceptors (Lipinski definition) is 5. The van der Waals surface area contributed by atoms with Crippen LogP contribution in [0.3, 0.4) is 0 Å². The zero-order chi connectivity index (χ0) is 15.8. The van der Waals surface area contributed by atoms with E-state index >= 15 is 0 Å². The molecule has 2 aliphatic carbocycles. The first-order chi connectivity index (χ1) is 11.2. The fourth-order valence-corrected chi connectivity index (χ4v) is 3.56. The molecule has 4 rings (SSSR count).